The lowest BCUT2D eigenvalue weighted by Gasteiger charge is -2.13. The Labute approximate surface area is 130 Å². The van der Waals surface area contributed by atoms with E-state index in [1.807, 2.05) is 6.92 Å². The summed E-state index contributed by atoms with van der Waals surface area (Å²) in [5, 5.41) is 8.99. The molecule has 0 aliphatic carbocycles. The Balaban J connectivity index is 2.73. The van der Waals surface area contributed by atoms with E-state index in [2.05, 4.69) is 18.6 Å². The minimum Gasteiger partial charge on any atom is -0.477 e. The highest BCUT2D eigenvalue weighted by Crippen LogP contribution is 2.26. The fourth-order valence-corrected chi connectivity index (χ4v) is 4.68. The van der Waals surface area contributed by atoms with Crippen molar-refractivity contribution in [2.75, 3.05) is 0 Å². The average molecular weight is 333 g/mol. The molecule has 1 heterocycles. The zero-order chi connectivity index (χ0) is 16.2. The van der Waals surface area contributed by atoms with Gasteiger partial charge in [-0.2, -0.15) is 0 Å². The smallest absolute Gasteiger partial charge is 0.346 e. The standard InChI is InChI=1S/C14H23NO4S2/c1-9(2)6-5-7-11(4)15-21(18,19)12-8-10(3)13(20-12)14(16)17/h8-9,11,15H,5-7H2,1-4H3,(H,16,17). The molecule has 120 valence electrons. The molecule has 1 aromatic heterocycles. The van der Waals surface area contributed by atoms with Gasteiger partial charge in [0.2, 0.25) is 10.0 Å². The molecule has 5 nitrogen and oxygen atoms in total. The van der Waals surface area contributed by atoms with Crippen LogP contribution in [-0.2, 0) is 10.0 Å². The molecular weight excluding hydrogens is 310 g/mol. The average Bonchev–Trinajstić information content (AvgIpc) is 2.70. The number of sulfonamides is 1. The minimum absolute atomic E-state index is 0.0631. The lowest BCUT2D eigenvalue weighted by Crippen LogP contribution is -2.32. The number of carboxylic acids is 1. The van der Waals surface area contributed by atoms with E-state index in [-0.39, 0.29) is 15.1 Å². The molecule has 7 heteroatoms. The Bertz CT molecular complexity index is 590. The minimum atomic E-state index is -3.64. The van der Waals surface area contributed by atoms with Crippen molar-refractivity contribution in [2.24, 2.45) is 5.92 Å². The second kappa shape index (κ2) is 7.38. The molecular formula is C14H23NO4S2. The van der Waals surface area contributed by atoms with Crippen LogP contribution in [0.2, 0.25) is 0 Å². The lowest BCUT2D eigenvalue weighted by molar-refractivity contribution is 0.0701. The summed E-state index contributed by atoms with van der Waals surface area (Å²) in [4.78, 5) is 11.1. The molecule has 0 radical (unpaired) electrons. The first-order chi connectivity index (χ1) is 9.63. The highest BCUT2D eigenvalue weighted by Gasteiger charge is 2.23. The van der Waals surface area contributed by atoms with Crippen molar-refractivity contribution in [3.63, 3.8) is 0 Å². The molecule has 1 unspecified atom stereocenters. The van der Waals surface area contributed by atoms with Crippen LogP contribution in [0, 0.1) is 12.8 Å². The number of aromatic carboxylic acids is 1. The number of thiophene rings is 1. The van der Waals surface area contributed by atoms with Crippen molar-refractivity contribution in [3.8, 4) is 0 Å². The van der Waals surface area contributed by atoms with E-state index in [1.54, 1.807) is 6.92 Å². The summed E-state index contributed by atoms with van der Waals surface area (Å²) in [7, 11) is -3.64. The Hall–Kier alpha value is -0.920. The van der Waals surface area contributed by atoms with E-state index in [0.717, 1.165) is 30.6 Å². The fourth-order valence-electron chi connectivity index (χ4n) is 2.01. The van der Waals surface area contributed by atoms with Crippen LogP contribution in [0.1, 0.15) is 55.3 Å². The van der Waals surface area contributed by atoms with Crippen molar-refractivity contribution in [1.82, 2.24) is 4.72 Å². The molecule has 0 bridgehead atoms. The van der Waals surface area contributed by atoms with E-state index in [4.69, 9.17) is 5.11 Å². The van der Waals surface area contributed by atoms with Gasteiger partial charge in [0.05, 0.1) is 0 Å². The molecule has 0 aliphatic rings. The Morgan fingerprint density at radius 3 is 2.43 bits per heavy atom. The van der Waals surface area contributed by atoms with Gasteiger partial charge in [-0.05, 0) is 37.8 Å². The summed E-state index contributed by atoms with van der Waals surface area (Å²) >= 11 is 0.795. The van der Waals surface area contributed by atoms with Gasteiger partial charge in [-0.15, -0.1) is 11.3 Å². The predicted octanol–water partition coefficient (Wildman–Crippen LogP) is 3.25. The Kier molecular flexibility index (Phi) is 6.37. The third-order valence-corrected chi connectivity index (χ3v) is 6.42. The number of hydrogen-bond donors (Lipinski definition) is 2. The monoisotopic (exact) mass is 333 g/mol. The number of rotatable bonds is 8. The molecule has 0 aromatic carbocycles. The molecule has 0 spiro atoms. The topological polar surface area (TPSA) is 83.5 Å². The summed E-state index contributed by atoms with van der Waals surface area (Å²) in [6.07, 6.45) is 2.80. The second-order valence-electron chi connectivity index (χ2n) is 5.73. The summed E-state index contributed by atoms with van der Waals surface area (Å²) < 4.78 is 27.1. The summed E-state index contributed by atoms with van der Waals surface area (Å²) in [5.41, 5.74) is 0.473. The Morgan fingerprint density at radius 2 is 1.95 bits per heavy atom. The number of hydrogen-bond acceptors (Lipinski definition) is 4. The van der Waals surface area contributed by atoms with E-state index >= 15 is 0 Å². The second-order valence-corrected chi connectivity index (χ2v) is 8.72. The zero-order valence-electron chi connectivity index (χ0n) is 12.8. The largest absolute Gasteiger partial charge is 0.477 e. The van der Waals surface area contributed by atoms with Crippen LogP contribution in [0.5, 0.6) is 0 Å². The first kappa shape index (κ1) is 18.1. The van der Waals surface area contributed by atoms with E-state index in [0.29, 0.717) is 11.5 Å². The third kappa shape index (κ3) is 5.41. The van der Waals surface area contributed by atoms with Crippen LogP contribution in [0.4, 0.5) is 0 Å². The van der Waals surface area contributed by atoms with Crippen LogP contribution in [-0.4, -0.2) is 25.5 Å². The van der Waals surface area contributed by atoms with Gasteiger partial charge in [0.1, 0.15) is 9.09 Å². The molecule has 1 aromatic rings. The molecule has 2 N–H and O–H groups in total. The summed E-state index contributed by atoms with van der Waals surface area (Å²) in [6, 6.07) is 1.25. The Morgan fingerprint density at radius 1 is 1.33 bits per heavy atom. The van der Waals surface area contributed by atoms with Gasteiger partial charge in [0.25, 0.3) is 0 Å². The zero-order valence-corrected chi connectivity index (χ0v) is 14.5. The van der Waals surface area contributed by atoms with Crippen molar-refractivity contribution in [3.05, 3.63) is 16.5 Å². The number of carboxylic acid groups (broad SMARTS) is 1. The predicted molar refractivity (Wildman–Crippen MR) is 84.5 cm³/mol. The molecule has 0 saturated carbocycles. The summed E-state index contributed by atoms with van der Waals surface area (Å²) in [6.45, 7) is 7.70. The first-order valence-electron chi connectivity index (χ1n) is 6.99. The van der Waals surface area contributed by atoms with Gasteiger partial charge in [0, 0.05) is 6.04 Å². The van der Waals surface area contributed by atoms with Crippen molar-refractivity contribution >= 4 is 27.3 Å². The maximum Gasteiger partial charge on any atom is 0.346 e. The van der Waals surface area contributed by atoms with Gasteiger partial charge in [0.15, 0.2) is 0 Å². The fraction of sp³-hybridized carbons (Fsp3) is 0.643. The van der Waals surface area contributed by atoms with Gasteiger partial charge >= 0.3 is 5.97 Å². The first-order valence-corrected chi connectivity index (χ1v) is 9.29. The number of carbonyl (C=O) groups is 1. The van der Waals surface area contributed by atoms with E-state index in [1.165, 1.54) is 6.07 Å². The summed E-state index contributed by atoms with van der Waals surface area (Å²) in [5.74, 6) is -0.490. The maximum atomic E-state index is 12.2. The van der Waals surface area contributed by atoms with Crippen LogP contribution in [0.3, 0.4) is 0 Å². The highest BCUT2D eigenvalue weighted by molar-refractivity contribution is 7.91. The maximum absolute atomic E-state index is 12.2. The molecule has 1 rings (SSSR count). The van der Waals surface area contributed by atoms with Gasteiger partial charge < -0.3 is 5.11 Å². The molecule has 0 saturated heterocycles. The van der Waals surface area contributed by atoms with Crippen LogP contribution in [0.15, 0.2) is 10.3 Å². The molecule has 0 amide bonds. The van der Waals surface area contributed by atoms with Crippen LogP contribution >= 0.6 is 11.3 Å². The van der Waals surface area contributed by atoms with Crippen molar-refractivity contribution in [1.29, 1.82) is 0 Å². The molecule has 0 fully saturated rings. The van der Waals surface area contributed by atoms with E-state index in [9.17, 15) is 13.2 Å². The lowest BCUT2D eigenvalue weighted by atomic mass is 10.0. The van der Waals surface area contributed by atoms with Crippen molar-refractivity contribution in [2.45, 2.75) is 57.2 Å². The van der Waals surface area contributed by atoms with Gasteiger partial charge in [-0.25, -0.2) is 17.9 Å². The molecule has 0 aliphatic heterocycles. The van der Waals surface area contributed by atoms with Crippen molar-refractivity contribution < 1.29 is 18.3 Å². The normalized spacial score (nSPS) is 13.6. The van der Waals surface area contributed by atoms with Gasteiger partial charge in [-0.1, -0.05) is 26.7 Å². The molecule has 21 heavy (non-hydrogen) atoms. The van der Waals surface area contributed by atoms with Crippen LogP contribution in [0.25, 0.3) is 0 Å². The number of aryl methyl sites for hydroxylation is 1. The third-order valence-electron chi connectivity index (χ3n) is 3.13. The van der Waals surface area contributed by atoms with E-state index < -0.39 is 16.0 Å². The number of nitrogens with one attached hydrogen (secondary N) is 1. The molecule has 1 atom stereocenters. The van der Waals surface area contributed by atoms with Gasteiger partial charge in [-0.3, -0.25) is 0 Å². The quantitative estimate of drug-likeness (QED) is 0.765. The SMILES string of the molecule is Cc1cc(S(=O)(=O)NC(C)CCCC(C)C)sc1C(=O)O. The van der Waals surface area contributed by atoms with Crippen LogP contribution < -0.4 is 4.72 Å². The highest BCUT2D eigenvalue weighted by atomic mass is 32.2.